The van der Waals surface area contributed by atoms with Crippen LogP contribution in [0.5, 0.6) is 0 Å². The third kappa shape index (κ3) is 8.82. The molecule has 0 aliphatic heterocycles. The highest BCUT2D eigenvalue weighted by molar-refractivity contribution is 5.66. The Kier molecular flexibility index (Phi) is 8.12. The summed E-state index contributed by atoms with van der Waals surface area (Å²) in [6, 6.07) is 0. The molecule has 18 heavy (non-hydrogen) atoms. The lowest BCUT2D eigenvalue weighted by molar-refractivity contribution is -0.146. The van der Waals surface area contributed by atoms with Crippen molar-refractivity contribution >= 4 is 6.09 Å². The van der Waals surface area contributed by atoms with Gasteiger partial charge >= 0.3 is 6.09 Å². The van der Waals surface area contributed by atoms with Crippen molar-refractivity contribution in [3.05, 3.63) is 25.3 Å². The number of carbonyl (C=O) groups is 1. The number of unbranched alkanes of at least 4 members (excludes halogenated alkanes) is 1. The molecule has 0 atom stereocenters. The van der Waals surface area contributed by atoms with Crippen LogP contribution in [0.1, 0.15) is 40.0 Å². The molecule has 0 aliphatic rings. The number of rotatable bonds is 8. The molecular weight excluding hydrogens is 230 g/mol. The first kappa shape index (κ1) is 16.7. The fourth-order valence-corrected chi connectivity index (χ4v) is 1.15. The number of carbonyl (C=O) groups excluding carboxylic acids is 1. The topological polar surface area (TPSA) is 38.8 Å². The summed E-state index contributed by atoms with van der Waals surface area (Å²) >= 11 is 0. The predicted molar refractivity (Wildman–Crippen MR) is 73.1 cm³/mol. The van der Waals surface area contributed by atoms with E-state index in [4.69, 9.17) is 9.57 Å². The van der Waals surface area contributed by atoms with E-state index in [1.807, 2.05) is 26.8 Å². The summed E-state index contributed by atoms with van der Waals surface area (Å²) in [6.45, 7) is 13.7. The highest BCUT2D eigenvalue weighted by Crippen LogP contribution is 2.11. The van der Waals surface area contributed by atoms with Gasteiger partial charge in [0.1, 0.15) is 5.60 Å². The zero-order valence-corrected chi connectivity index (χ0v) is 11.8. The van der Waals surface area contributed by atoms with Crippen LogP contribution in [-0.2, 0) is 9.57 Å². The molecule has 0 rings (SSSR count). The molecule has 0 N–H and O–H groups in total. The number of hydroxylamine groups is 2. The van der Waals surface area contributed by atoms with E-state index >= 15 is 0 Å². The van der Waals surface area contributed by atoms with Gasteiger partial charge in [-0.3, -0.25) is 4.84 Å². The Morgan fingerprint density at radius 1 is 1.22 bits per heavy atom. The summed E-state index contributed by atoms with van der Waals surface area (Å²) in [5, 5.41) is 1.28. The third-order valence-electron chi connectivity index (χ3n) is 1.94. The van der Waals surface area contributed by atoms with Crippen LogP contribution < -0.4 is 0 Å². The highest BCUT2D eigenvalue weighted by Gasteiger charge is 2.22. The average Bonchev–Trinajstić information content (AvgIpc) is 2.25. The van der Waals surface area contributed by atoms with Gasteiger partial charge in [0.25, 0.3) is 0 Å². The molecule has 0 aromatic heterocycles. The Morgan fingerprint density at radius 3 is 2.33 bits per heavy atom. The van der Waals surface area contributed by atoms with Gasteiger partial charge < -0.3 is 4.74 Å². The van der Waals surface area contributed by atoms with Crippen molar-refractivity contribution in [2.45, 2.75) is 45.6 Å². The lowest BCUT2D eigenvalue weighted by Gasteiger charge is -2.26. The maximum Gasteiger partial charge on any atom is 0.434 e. The van der Waals surface area contributed by atoms with Gasteiger partial charge in [-0.25, -0.2) is 4.79 Å². The van der Waals surface area contributed by atoms with Gasteiger partial charge in [0.05, 0.1) is 13.2 Å². The molecule has 4 heteroatoms. The van der Waals surface area contributed by atoms with Crippen molar-refractivity contribution in [1.82, 2.24) is 5.06 Å². The summed E-state index contributed by atoms with van der Waals surface area (Å²) < 4.78 is 5.27. The Bertz CT molecular complexity index is 255. The van der Waals surface area contributed by atoms with Crippen molar-refractivity contribution < 1.29 is 14.4 Å². The third-order valence-corrected chi connectivity index (χ3v) is 1.94. The first-order valence-corrected chi connectivity index (χ1v) is 6.26. The Balaban J connectivity index is 4.28. The summed E-state index contributed by atoms with van der Waals surface area (Å²) in [4.78, 5) is 17.3. The molecule has 0 heterocycles. The molecule has 0 saturated heterocycles. The van der Waals surface area contributed by atoms with E-state index in [1.165, 1.54) is 5.06 Å². The van der Waals surface area contributed by atoms with Crippen LogP contribution in [-0.4, -0.2) is 29.9 Å². The maximum absolute atomic E-state index is 11.9. The quantitative estimate of drug-likeness (QED) is 0.377. The van der Waals surface area contributed by atoms with E-state index in [0.29, 0.717) is 19.6 Å². The second-order valence-corrected chi connectivity index (χ2v) is 4.92. The zero-order chi connectivity index (χ0) is 14.0. The van der Waals surface area contributed by atoms with Crippen LogP contribution in [0.15, 0.2) is 25.3 Å². The molecule has 4 nitrogen and oxygen atoms in total. The van der Waals surface area contributed by atoms with E-state index < -0.39 is 11.7 Å². The lowest BCUT2D eigenvalue weighted by atomic mass is 10.2. The lowest BCUT2D eigenvalue weighted by Crippen LogP contribution is -2.37. The number of hydrogen-bond donors (Lipinski definition) is 0. The second kappa shape index (κ2) is 8.75. The van der Waals surface area contributed by atoms with E-state index in [2.05, 4.69) is 13.2 Å². The fraction of sp³-hybridized carbons (Fsp3) is 0.643. The fourth-order valence-electron chi connectivity index (χ4n) is 1.15. The molecule has 0 spiro atoms. The van der Waals surface area contributed by atoms with Crippen molar-refractivity contribution in [3.8, 4) is 0 Å². The molecule has 0 bridgehead atoms. The molecule has 1 amide bonds. The minimum absolute atomic E-state index is 0.427. The van der Waals surface area contributed by atoms with E-state index in [9.17, 15) is 4.79 Å². The number of hydrogen-bond acceptors (Lipinski definition) is 3. The minimum atomic E-state index is -0.518. The normalized spacial score (nSPS) is 10.8. The number of ether oxygens (including phenoxy) is 1. The monoisotopic (exact) mass is 255 g/mol. The van der Waals surface area contributed by atoms with Crippen molar-refractivity contribution in [2.75, 3.05) is 13.2 Å². The largest absolute Gasteiger partial charge is 0.442 e. The van der Waals surface area contributed by atoms with Crippen LogP contribution in [0.25, 0.3) is 0 Å². The molecular formula is C14H25NO3. The summed E-state index contributed by atoms with van der Waals surface area (Å²) in [5.74, 6) is 0. The summed E-state index contributed by atoms with van der Waals surface area (Å²) in [7, 11) is 0. The second-order valence-electron chi connectivity index (χ2n) is 4.92. The molecule has 0 unspecified atom stereocenters. The van der Waals surface area contributed by atoms with Gasteiger partial charge in [0, 0.05) is 0 Å². The number of amides is 1. The van der Waals surface area contributed by atoms with Crippen molar-refractivity contribution in [1.29, 1.82) is 0 Å². The Hall–Kier alpha value is -1.29. The van der Waals surface area contributed by atoms with Crippen molar-refractivity contribution in [2.24, 2.45) is 0 Å². The van der Waals surface area contributed by atoms with E-state index in [1.54, 1.807) is 6.08 Å². The molecule has 0 fully saturated rings. The number of allylic oxidation sites excluding steroid dienone is 1. The first-order valence-electron chi connectivity index (χ1n) is 6.26. The van der Waals surface area contributed by atoms with E-state index in [-0.39, 0.29) is 0 Å². The van der Waals surface area contributed by atoms with Gasteiger partial charge in [-0.1, -0.05) is 12.2 Å². The SMILES string of the molecule is C=CCCCN(OCCC=C)C(=O)OC(C)(C)C. The molecule has 0 aliphatic carbocycles. The van der Waals surface area contributed by atoms with Crippen LogP contribution >= 0.6 is 0 Å². The van der Waals surface area contributed by atoms with Crippen LogP contribution in [0.3, 0.4) is 0 Å². The van der Waals surface area contributed by atoms with Gasteiger partial charge in [-0.15, -0.1) is 13.2 Å². The Morgan fingerprint density at radius 2 is 1.83 bits per heavy atom. The minimum Gasteiger partial charge on any atom is -0.442 e. The standard InChI is InChI=1S/C14H25NO3/c1-6-8-10-11-15(17-12-9-7-2)13(16)18-14(3,4)5/h6-7H,1-2,8-12H2,3-5H3. The van der Waals surface area contributed by atoms with Gasteiger partial charge in [-0.2, -0.15) is 5.06 Å². The number of nitrogens with zero attached hydrogens (tertiary/aromatic N) is 1. The highest BCUT2D eigenvalue weighted by atomic mass is 16.7. The van der Waals surface area contributed by atoms with Crippen LogP contribution in [0, 0.1) is 0 Å². The Labute approximate surface area is 110 Å². The van der Waals surface area contributed by atoms with Gasteiger partial charge in [0.15, 0.2) is 0 Å². The maximum atomic E-state index is 11.9. The van der Waals surface area contributed by atoms with Crippen LogP contribution in [0.4, 0.5) is 4.79 Å². The summed E-state index contributed by atoms with van der Waals surface area (Å²) in [5.41, 5.74) is -0.518. The molecule has 0 radical (unpaired) electrons. The molecule has 0 saturated carbocycles. The summed E-state index contributed by atoms with van der Waals surface area (Å²) in [6.07, 6.45) is 5.45. The smallest absolute Gasteiger partial charge is 0.434 e. The molecule has 104 valence electrons. The average molecular weight is 255 g/mol. The van der Waals surface area contributed by atoms with E-state index in [0.717, 1.165) is 12.8 Å². The van der Waals surface area contributed by atoms with Crippen LogP contribution in [0.2, 0.25) is 0 Å². The van der Waals surface area contributed by atoms with Gasteiger partial charge in [0.2, 0.25) is 0 Å². The zero-order valence-electron chi connectivity index (χ0n) is 11.8. The first-order chi connectivity index (χ1) is 8.40. The molecule has 0 aromatic carbocycles. The molecule has 0 aromatic rings. The predicted octanol–water partition coefficient (Wildman–Crippen LogP) is 3.70. The van der Waals surface area contributed by atoms with Gasteiger partial charge in [-0.05, 0) is 40.0 Å². The van der Waals surface area contributed by atoms with Crippen molar-refractivity contribution in [3.63, 3.8) is 0 Å².